The van der Waals surface area contributed by atoms with E-state index >= 15 is 0 Å². The number of benzene rings is 2. The monoisotopic (exact) mass is 501 g/mol. The standard InChI is InChI=1S/C25H19F4N3O4/c1-24(23(35)36-2,13-14-4-3-5-17(26)12-14)18-10-11-30-21-19(20(22(33)34)31-32(18)21)15-6-8-16(9-7-15)25(27,28)29/h3-12H,13H2,1-2H3,(H,33,34)/t24-/m0/s1. The minimum atomic E-state index is -4.57. The van der Waals surface area contributed by atoms with Gasteiger partial charge in [0.25, 0.3) is 0 Å². The van der Waals surface area contributed by atoms with E-state index in [2.05, 4.69) is 10.1 Å². The normalized spacial score (nSPS) is 13.4. The molecule has 0 aliphatic heterocycles. The van der Waals surface area contributed by atoms with Crippen LogP contribution >= 0.6 is 0 Å². The number of carbonyl (C=O) groups is 2. The van der Waals surface area contributed by atoms with E-state index in [9.17, 15) is 32.3 Å². The van der Waals surface area contributed by atoms with E-state index in [1.165, 1.54) is 37.6 Å². The fourth-order valence-corrected chi connectivity index (χ4v) is 4.15. The molecular weight excluding hydrogens is 482 g/mol. The SMILES string of the molecule is COC(=O)[C@@](C)(Cc1cccc(F)c1)c1ccnc2c(-c3ccc(C(F)(F)F)cc3)c(C(=O)O)nn12. The van der Waals surface area contributed by atoms with Crippen LogP contribution in [0.2, 0.25) is 0 Å². The Balaban J connectivity index is 1.94. The van der Waals surface area contributed by atoms with Gasteiger partial charge in [-0.15, -0.1) is 0 Å². The third kappa shape index (κ3) is 4.39. The molecule has 0 unspecified atom stereocenters. The van der Waals surface area contributed by atoms with Crippen molar-refractivity contribution in [1.29, 1.82) is 0 Å². The van der Waals surface area contributed by atoms with Gasteiger partial charge in [0.2, 0.25) is 0 Å². The average Bonchev–Trinajstić information content (AvgIpc) is 3.23. The van der Waals surface area contributed by atoms with E-state index < -0.39 is 40.6 Å². The van der Waals surface area contributed by atoms with Gasteiger partial charge in [0.15, 0.2) is 11.3 Å². The van der Waals surface area contributed by atoms with Crippen LogP contribution in [0.1, 0.15) is 34.2 Å². The van der Waals surface area contributed by atoms with Crippen molar-refractivity contribution in [2.75, 3.05) is 7.11 Å². The molecule has 4 aromatic rings. The second kappa shape index (κ2) is 9.06. The van der Waals surface area contributed by atoms with Gasteiger partial charge in [-0.05, 0) is 54.8 Å². The minimum absolute atomic E-state index is 0.0130. The van der Waals surface area contributed by atoms with E-state index in [1.807, 2.05) is 0 Å². The van der Waals surface area contributed by atoms with Gasteiger partial charge in [-0.3, -0.25) is 4.79 Å². The van der Waals surface area contributed by atoms with Gasteiger partial charge < -0.3 is 9.84 Å². The van der Waals surface area contributed by atoms with Crippen molar-refractivity contribution in [3.05, 3.63) is 89.1 Å². The fourth-order valence-electron chi connectivity index (χ4n) is 4.15. The first kappa shape index (κ1) is 24.8. The molecule has 1 atom stereocenters. The van der Waals surface area contributed by atoms with Gasteiger partial charge in [0, 0.05) is 6.20 Å². The molecule has 0 amide bonds. The highest BCUT2D eigenvalue weighted by atomic mass is 19.4. The van der Waals surface area contributed by atoms with E-state index in [0.717, 1.165) is 28.8 Å². The summed E-state index contributed by atoms with van der Waals surface area (Å²) in [6.45, 7) is 1.54. The first-order chi connectivity index (χ1) is 17.0. The summed E-state index contributed by atoms with van der Waals surface area (Å²) in [7, 11) is 1.18. The number of methoxy groups -OCH3 is 1. The number of halogens is 4. The van der Waals surface area contributed by atoms with Crippen molar-refractivity contribution in [2.24, 2.45) is 0 Å². The van der Waals surface area contributed by atoms with Crippen molar-refractivity contribution < 1.29 is 37.0 Å². The third-order valence-electron chi connectivity index (χ3n) is 5.87. The zero-order valence-electron chi connectivity index (χ0n) is 19.0. The largest absolute Gasteiger partial charge is 0.476 e. The molecule has 186 valence electrons. The molecule has 4 rings (SSSR count). The molecule has 0 saturated heterocycles. The molecule has 2 aromatic carbocycles. The lowest BCUT2D eigenvalue weighted by Crippen LogP contribution is -2.38. The summed E-state index contributed by atoms with van der Waals surface area (Å²) in [6.07, 6.45) is -3.26. The molecule has 0 bridgehead atoms. The summed E-state index contributed by atoms with van der Waals surface area (Å²) >= 11 is 0. The van der Waals surface area contributed by atoms with Crippen molar-refractivity contribution in [3.63, 3.8) is 0 Å². The maximum Gasteiger partial charge on any atom is 0.416 e. The van der Waals surface area contributed by atoms with Crippen LogP contribution in [-0.2, 0) is 27.5 Å². The minimum Gasteiger partial charge on any atom is -0.476 e. The topological polar surface area (TPSA) is 93.8 Å². The summed E-state index contributed by atoms with van der Waals surface area (Å²) in [5, 5.41) is 14.0. The maximum atomic E-state index is 13.8. The Labute approximate surface area is 202 Å². The lowest BCUT2D eigenvalue weighted by atomic mass is 9.80. The number of alkyl halides is 3. The lowest BCUT2D eigenvalue weighted by molar-refractivity contribution is -0.147. The highest BCUT2D eigenvalue weighted by Gasteiger charge is 2.40. The molecule has 2 aromatic heterocycles. The van der Waals surface area contributed by atoms with E-state index in [-0.39, 0.29) is 28.9 Å². The Kier molecular flexibility index (Phi) is 6.25. The van der Waals surface area contributed by atoms with Crippen LogP contribution in [0, 0.1) is 5.82 Å². The van der Waals surface area contributed by atoms with Crippen LogP contribution in [0.25, 0.3) is 16.8 Å². The Bertz CT molecular complexity index is 1460. The predicted octanol–water partition coefficient (Wildman–Crippen LogP) is 4.93. The van der Waals surface area contributed by atoms with Gasteiger partial charge in [0.05, 0.1) is 23.9 Å². The van der Waals surface area contributed by atoms with Crippen LogP contribution in [-0.4, -0.2) is 38.8 Å². The van der Waals surface area contributed by atoms with Crippen LogP contribution in [0.4, 0.5) is 17.6 Å². The van der Waals surface area contributed by atoms with Crippen LogP contribution in [0.3, 0.4) is 0 Å². The quantitative estimate of drug-likeness (QED) is 0.298. The maximum absolute atomic E-state index is 13.8. The number of aromatic nitrogens is 3. The number of nitrogens with zero attached hydrogens (tertiary/aromatic N) is 3. The first-order valence-electron chi connectivity index (χ1n) is 10.6. The number of aromatic carboxylic acids is 1. The molecule has 0 spiro atoms. The first-order valence-corrected chi connectivity index (χ1v) is 10.6. The van der Waals surface area contributed by atoms with Gasteiger partial charge in [-0.25, -0.2) is 18.7 Å². The number of carboxylic acid groups (broad SMARTS) is 1. The van der Waals surface area contributed by atoms with Crippen molar-refractivity contribution in [1.82, 2.24) is 14.6 Å². The van der Waals surface area contributed by atoms with Crippen LogP contribution < -0.4 is 0 Å². The van der Waals surface area contributed by atoms with Gasteiger partial charge in [-0.2, -0.15) is 18.3 Å². The zero-order valence-corrected chi connectivity index (χ0v) is 19.0. The smallest absolute Gasteiger partial charge is 0.416 e. The Hall–Kier alpha value is -4.28. The molecule has 0 saturated carbocycles. The highest BCUT2D eigenvalue weighted by molar-refractivity contribution is 5.99. The second-order valence-electron chi connectivity index (χ2n) is 8.30. The number of esters is 1. The molecule has 0 aliphatic carbocycles. The Morgan fingerprint density at radius 3 is 2.36 bits per heavy atom. The van der Waals surface area contributed by atoms with Gasteiger partial charge in [0.1, 0.15) is 11.2 Å². The number of carbonyl (C=O) groups excluding carboxylic acids is 1. The Morgan fingerprint density at radius 1 is 1.08 bits per heavy atom. The van der Waals surface area contributed by atoms with Crippen LogP contribution in [0.5, 0.6) is 0 Å². The Morgan fingerprint density at radius 2 is 1.78 bits per heavy atom. The van der Waals surface area contributed by atoms with Crippen molar-refractivity contribution in [3.8, 4) is 11.1 Å². The van der Waals surface area contributed by atoms with Gasteiger partial charge >= 0.3 is 18.1 Å². The van der Waals surface area contributed by atoms with E-state index in [4.69, 9.17) is 4.74 Å². The third-order valence-corrected chi connectivity index (χ3v) is 5.87. The number of rotatable bonds is 6. The number of ether oxygens (including phenoxy) is 1. The molecule has 11 heteroatoms. The molecule has 7 nitrogen and oxygen atoms in total. The zero-order chi connectivity index (χ0) is 26.3. The number of hydrogen-bond acceptors (Lipinski definition) is 5. The van der Waals surface area contributed by atoms with Crippen LogP contribution in [0.15, 0.2) is 60.8 Å². The lowest BCUT2D eigenvalue weighted by Gasteiger charge is -2.27. The molecular formula is C25H19F4N3O4. The summed E-state index contributed by atoms with van der Waals surface area (Å²) in [5.41, 5.74) is -2.01. The molecule has 0 fully saturated rings. The summed E-state index contributed by atoms with van der Waals surface area (Å²) in [4.78, 5) is 29.3. The molecule has 0 radical (unpaired) electrons. The summed E-state index contributed by atoms with van der Waals surface area (Å²) in [6, 6.07) is 11.0. The molecule has 2 heterocycles. The van der Waals surface area contributed by atoms with Crippen molar-refractivity contribution in [2.45, 2.75) is 24.9 Å². The van der Waals surface area contributed by atoms with Crippen molar-refractivity contribution >= 4 is 17.6 Å². The molecule has 36 heavy (non-hydrogen) atoms. The highest BCUT2D eigenvalue weighted by Crippen LogP contribution is 2.36. The molecule has 1 N–H and O–H groups in total. The van der Waals surface area contributed by atoms with E-state index in [0.29, 0.717) is 5.56 Å². The predicted molar refractivity (Wildman–Crippen MR) is 120 cm³/mol. The summed E-state index contributed by atoms with van der Waals surface area (Å²) < 4.78 is 59.1. The second-order valence-corrected chi connectivity index (χ2v) is 8.30. The summed E-state index contributed by atoms with van der Waals surface area (Å²) in [5.74, 6) is -2.63. The fraction of sp³-hybridized carbons (Fsp3) is 0.200. The van der Waals surface area contributed by atoms with Gasteiger partial charge in [-0.1, -0.05) is 24.3 Å². The molecule has 0 aliphatic rings. The average molecular weight is 501 g/mol. The number of hydrogen-bond donors (Lipinski definition) is 1. The number of fused-ring (bicyclic) bond motifs is 1. The number of carboxylic acids is 1. The van der Waals surface area contributed by atoms with E-state index in [1.54, 1.807) is 13.0 Å².